The predicted octanol–water partition coefficient (Wildman–Crippen LogP) is 3.06. The van der Waals surface area contributed by atoms with E-state index in [1.54, 1.807) is 13.1 Å². The summed E-state index contributed by atoms with van der Waals surface area (Å²) in [5, 5.41) is 12.8. The molecule has 0 fully saturated rings. The van der Waals surface area contributed by atoms with Gasteiger partial charge >= 0.3 is 6.09 Å². The molecule has 0 heterocycles. The number of carbonyl (C=O) groups is 1. The number of ether oxygens (including phenoxy) is 1. The van der Waals surface area contributed by atoms with E-state index in [1.807, 2.05) is 32.9 Å². The van der Waals surface area contributed by atoms with Crippen molar-refractivity contribution in [3.8, 4) is 0 Å². The van der Waals surface area contributed by atoms with Gasteiger partial charge in [0.2, 0.25) is 0 Å². The lowest BCUT2D eigenvalue weighted by Crippen LogP contribution is -2.37. The Bertz CT molecular complexity index is 512. The molecule has 130 valence electrons. The number of amides is 1. The molecule has 1 rings (SSSR count). The number of para-hydroxylation sites is 1. The van der Waals surface area contributed by atoms with Crippen molar-refractivity contribution in [3.63, 3.8) is 0 Å². The zero-order valence-corrected chi connectivity index (χ0v) is 15.7. The largest absolute Gasteiger partial charge is 0.444 e. The first-order chi connectivity index (χ1) is 10.6. The van der Waals surface area contributed by atoms with E-state index in [0.29, 0.717) is 18.7 Å². The fourth-order valence-corrected chi connectivity index (χ4v) is 2.38. The van der Waals surface area contributed by atoms with E-state index in [9.17, 15) is 9.90 Å². The number of hydrogen-bond donors (Lipinski definition) is 3. The third kappa shape index (κ3) is 6.66. The van der Waals surface area contributed by atoms with Crippen molar-refractivity contribution in [2.75, 3.05) is 31.2 Å². The van der Waals surface area contributed by atoms with Crippen molar-refractivity contribution >= 4 is 33.4 Å². The van der Waals surface area contributed by atoms with Crippen LogP contribution >= 0.6 is 15.9 Å². The number of nitrogens with zero attached hydrogens (tertiary/aromatic N) is 1. The molecule has 0 saturated heterocycles. The van der Waals surface area contributed by atoms with Crippen molar-refractivity contribution in [1.82, 2.24) is 4.90 Å². The lowest BCUT2D eigenvalue weighted by molar-refractivity contribution is 0.0292. The lowest BCUT2D eigenvalue weighted by atomic mass is 10.2. The van der Waals surface area contributed by atoms with Gasteiger partial charge in [0.05, 0.1) is 24.0 Å². The molecule has 1 aromatic carbocycles. The number of aliphatic hydroxyl groups excluding tert-OH is 1. The Kier molecular flexibility index (Phi) is 7.15. The first kappa shape index (κ1) is 19.6. The van der Waals surface area contributed by atoms with Crippen LogP contribution in [0.5, 0.6) is 0 Å². The minimum Gasteiger partial charge on any atom is -0.444 e. The molecule has 4 N–H and O–H groups in total. The summed E-state index contributed by atoms with van der Waals surface area (Å²) in [4.78, 5) is 13.4. The summed E-state index contributed by atoms with van der Waals surface area (Å²) in [6.07, 6.45) is 0.183. The summed E-state index contributed by atoms with van der Waals surface area (Å²) in [5.41, 5.74) is 6.75. The maximum Gasteiger partial charge on any atom is 0.410 e. The second-order valence-corrected chi connectivity index (χ2v) is 7.27. The molecule has 0 aromatic heterocycles. The number of aliphatic hydroxyl groups is 1. The van der Waals surface area contributed by atoms with Crippen LogP contribution in [-0.2, 0) is 4.74 Å². The summed E-state index contributed by atoms with van der Waals surface area (Å²) < 4.78 is 6.13. The van der Waals surface area contributed by atoms with E-state index in [-0.39, 0.29) is 18.7 Å². The third-order valence-corrected chi connectivity index (χ3v) is 3.79. The fraction of sp³-hybridized carbons (Fsp3) is 0.562. The van der Waals surface area contributed by atoms with E-state index in [4.69, 9.17) is 10.5 Å². The molecule has 0 aliphatic carbocycles. The molecule has 1 unspecified atom stereocenters. The van der Waals surface area contributed by atoms with Gasteiger partial charge in [-0.25, -0.2) is 4.79 Å². The molecule has 23 heavy (non-hydrogen) atoms. The molecule has 6 nitrogen and oxygen atoms in total. The molecule has 0 aliphatic rings. The third-order valence-electron chi connectivity index (χ3n) is 3.13. The number of hydrogen-bond acceptors (Lipinski definition) is 5. The normalized spacial score (nSPS) is 12.6. The number of nitrogens with two attached hydrogens (primary N) is 1. The van der Waals surface area contributed by atoms with Crippen LogP contribution in [0.2, 0.25) is 0 Å². The maximum absolute atomic E-state index is 11.9. The van der Waals surface area contributed by atoms with Gasteiger partial charge in [-0.2, -0.15) is 0 Å². The standard InChI is InChI=1S/C16H26BrN3O3/c1-16(2,3)23-15(22)20(4)9-8-11(10-21)19-14-12(17)6-5-7-13(14)18/h5-7,11,19,21H,8-10,18H2,1-4H3. The van der Waals surface area contributed by atoms with Crippen LogP contribution in [0.25, 0.3) is 0 Å². The number of nitrogen functional groups attached to an aromatic ring is 1. The number of carbonyl (C=O) groups excluding carboxylic acids is 1. The average molecular weight is 388 g/mol. The smallest absolute Gasteiger partial charge is 0.410 e. The van der Waals surface area contributed by atoms with Crippen molar-refractivity contribution in [1.29, 1.82) is 0 Å². The first-order valence-electron chi connectivity index (χ1n) is 7.49. The zero-order valence-electron chi connectivity index (χ0n) is 14.1. The summed E-state index contributed by atoms with van der Waals surface area (Å²) in [7, 11) is 1.68. The zero-order chi connectivity index (χ0) is 17.6. The van der Waals surface area contributed by atoms with Crippen molar-refractivity contribution in [2.24, 2.45) is 0 Å². The Morgan fingerprint density at radius 3 is 2.65 bits per heavy atom. The molecular weight excluding hydrogens is 362 g/mol. The molecule has 0 bridgehead atoms. The highest BCUT2D eigenvalue weighted by atomic mass is 79.9. The van der Waals surface area contributed by atoms with E-state index in [2.05, 4.69) is 21.2 Å². The topological polar surface area (TPSA) is 87.8 Å². The first-order valence-corrected chi connectivity index (χ1v) is 8.29. The minimum absolute atomic E-state index is 0.0665. The second-order valence-electron chi connectivity index (χ2n) is 6.42. The Balaban J connectivity index is 2.59. The summed E-state index contributed by atoms with van der Waals surface area (Å²) in [5.74, 6) is 0. The fourth-order valence-electron chi connectivity index (χ4n) is 1.89. The van der Waals surface area contributed by atoms with Crippen LogP contribution < -0.4 is 11.1 Å². The Hall–Kier alpha value is -1.47. The quantitative estimate of drug-likeness (QED) is 0.652. The molecule has 1 atom stereocenters. The van der Waals surface area contributed by atoms with Gasteiger partial charge < -0.3 is 25.8 Å². The molecule has 1 aromatic rings. The Morgan fingerprint density at radius 2 is 2.13 bits per heavy atom. The van der Waals surface area contributed by atoms with Crippen molar-refractivity contribution < 1.29 is 14.6 Å². The van der Waals surface area contributed by atoms with Gasteiger partial charge in [0, 0.05) is 18.1 Å². The molecule has 1 amide bonds. The molecular formula is C16H26BrN3O3. The number of rotatable bonds is 6. The van der Waals surface area contributed by atoms with Gasteiger partial charge in [-0.05, 0) is 55.3 Å². The van der Waals surface area contributed by atoms with Crippen LogP contribution in [0.15, 0.2) is 22.7 Å². The maximum atomic E-state index is 11.9. The highest BCUT2D eigenvalue weighted by molar-refractivity contribution is 9.10. The summed E-state index contributed by atoms with van der Waals surface area (Å²) in [6.45, 7) is 5.87. The van der Waals surface area contributed by atoms with Gasteiger partial charge in [0.15, 0.2) is 0 Å². The van der Waals surface area contributed by atoms with Crippen LogP contribution in [0.4, 0.5) is 16.2 Å². The minimum atomic E-state index is -0.524. The number of anilines is 2. The molecule has 0 saturated carbocycles. The van der Waals surface area contributed by atoms with E-state index >= 15 is 0 Å². The van der Waals surface area contributed by atoms with Crippen LogP contribution in [-0.4, -0.2) is 47.9 Å². The molecule has 0 spiro atoms. The second kappa shape index (κ2) is 8.40. The highest BCUT2D eigenvalue weighted by Gasteiger charge is 2.20. The number of nitrogens with one attached hydrogen (secondary N) is 1. The van der Waals surface area contributed by atoms with E-state index in [0.717, 1.165) is 10.2 Å². The van der Waals surface area contributed by atoms with Gasteiger partial charge in [0.25, 0.3) is 0 Å². The Morgan fingerprint density at radius 1 is 1.48 bits per heavy atom. The molecule has 0 aliphatic heterocycles. The predicted molar refractivity (Wildman–Crippen MR) is 96.5 cm³/mol. The SMILES string of the molecule is CN(CCC(CO)Nc1c(N)cccc1Br)C(=O)OC(C)(C)C. The van der Waals surface area contributed by atoms with Crippen molar-refractivity contribution in [3.05, 3.63) is 22.7 Å². The Labute approximate surface area is 146 Å². The van der Waals surface area contributed by atoms with Crippen LogP contribution in [0.3, 0.4) is 0 Å². The van der Waals surface area contributed by atoms with E-state index < -0.39 is 5.60 Å². The molecule has 0 radical (unpaired) electrons. The van der Waals surface area contributed by atoms with Gasteiger partial charge in [-0.15, -0.1) is 0 Å². The van der Waals surface area contributed by atoms with Crippen LogP contribution in [0, 0.1) is 0 Å². The number of benzene rings is 1. The monoisotopic (exact) mass is 387 g/mol. The van der Waals surface area contributed by atoms with Gasteiger partial charge in [0.1, 0.15) is 5.60 Å². The highest BCUT2D eigenvalue weighted by Crippen LogP contribution is 2.29. The summed E-state index contributed by atoms with van der Waals surface area (Å²) >= 11 is 3.43. The lowest BCUT2D eigenvalue weighted by Gasteiger charge is -2.26. The molecule has 7 heteroatoms. The van der Waals surface area contributed by atoms with Gasteiger partial charge in [-0.3, -0.25) is 0 Å². The number of halogens is 1. The van der Waals surface area contributed by atoms with Gasteiger partial charge in [-0.1, -0.05) is 6.07 Å². The van der Waals surface area contributed by atoms with Crippen molar-refractivity contribution in [2.45, 2.75) is 38.8 Å². The van der Waals surface area contributed by atoms with E-state index in [1.165, 1.54) is 4.90 Å². The summed E-state index contributed by atoms with van der Waals surface area (Å²) in [6, 6.07) is 5.28. The average Bonchev–Trinajstić information content (AvgIpc) is 2.44. The van der Waals surface area contributed by atoms with Crippen LogP contribution in [0.1, 0.15) is 27.2 Å².